The molecular formula is C12H17NO2. The van der Waals surface area contributed by atoms with Crippen LogP contribution >= 0.6 is 0 Å². The topological polar surface area (TPSA) is 49.3 Å². The second-order valence-corrected chi connectivity index (χ2v) is 3.76. The van der Waals surface area contributed by atoms with Gasteiger partial charge in [-0.2, -0.15) is 0 Å². The molecule has 0 spiro atoms. The predicted octanol–water partition coefficient (Wildman–Crippen LogP) is 2.90. The van der Waals surface area contributed by atoms with Gasteiger partial charge in [0, 0.05) is 6.04 Å². The third-order valence-corrected chi connectivity index (χ3v) is 2.51. The number of aryl methyl sites for hydroxylation is 1. The van der Waals surface area contributed by atoms with Crippen LogP contribution in [0.25, 0.3) is 0 Å². The highest BCUT2D eigenvalue weighted by Crippen LogP contribution is 2.21. The zero-order chi connectivity index (χ0) is 11.4. The first-order valence-electron chi connectivity index (χ1n) is 5.15. The Morgan fingerprint density at radius 1 is 1.53 bits per heavy atom. The number of hydrogen-bond donors (Lipinski definition) is 2. The molecule has 3 nitrogen and oxygen atoms in total. The van der Waals surface area contributed by atoms with Crippen LogP contribution in [-0.4, -0.2) is 17.1 Å². The Hall–Kier alpha value is -1.51. The third kappa shape index (κ3) is 2.72. The zero-order valence-electron chi connectivity index (χ0n) is 9.37. The number of hydrogen-bond acceptors (Lipinski definition) is 2. The molecule has 1 aromatic carbocycles. The molecule has 0 saturated carbocycles. The number of para-hydroxylation sites is 1. The maximum absolute atomic E-state index is 11.0. The van der Waals surface area contributed by atoms with E-state index in [0.717, 1.165) is 17.7 Å². The van der Waals surface area contributed by atoms with E-state index in [0.29, 0.717) is 5.56 Å². The zero-order valence-corrected chi connectivity index (χ0v) is 9.37. The third-order valence-electron chi connectivity index (χ3n) is 2.51. The second kappa shape index (κ2) is 4.82. The van der Waals surface area contributed by atoms with E-state index in [1.165, 1.54) is 0 Å². The van der Waals surface area contributed by atoms with Gasteiger partial charge >= 0.3 is 5.97 Å². The molecule has 0 aliphatic rings. The standard InChI is InChI=1S/C12H17NO2/c1-4-9(3)13-11-8(2)6-5-7-10(11)12(14)15/h5-7,9,13H,4H2,1-3H3,(H,14,15). The van der Waals surface area contributed by atoms with E-state index in [4.69, 9.17) is 5.11 Å². The Bertz CT molecular complexity index is 361. The average molecular weight is 207 g/mol. The van der Waals surface area contributed by atoms with E-state index in [9.17, 15) is 4.79 Å². The number of carboxylic acid groups (broad SMARTS) is 1. The van der Waals surface area contributed by atoms with Crippen molar-refractivity contribution in [2.24, 2.45) is 0 Å². The SMILES string of the molecule is CCC(C)Nc1c(C)cccc1C(=O)O. The fourth-order valence-electron chi connectivity index (χ4n) is 1.39. The fraction of sp³-hybridized carbons (Fsp3) is 0.417. The van der Waals surface area contributed by atoms with Crippen LogP contribution in [0.4, 0.5) is 5.69 Å². The lowest BCUT2D eigenvalue weighted by molar-refractivity contribution is 0.0698. The molecule has 82 valence electrons. The molecule has 15 heavy (non-hydrogen) atoms. The molecule has 1 unspecified atom stereocenters. The quantitative estimate of drug-likeness (QED) is 0.798. The van der Waals surface area contributed by atoms with Gasteiger partial charge in [-0.25, -0.2) is 4.79 Å². The fourth-order valence-corrected chi connectivity index (χ4v) is 1.39. The Balaban J connectivity index is 3.07. The molecule has 0 fully saturated rings. The van der Waals surface area contributed by atoms with Crippen LogP contribution in [-0.2, 0) is 0 Å². The van der Waals surface area contributed by atoms with Crippen LogP contribution in [0, 0.1) is 6.92 Å². The van der Waals surface area contributed by atoms with Gasteiger partial charge in [-0.15, -0.1) is 0 Å². The lowest BCUT2D eigenvalue weighted by Gasteiger charge is -2.17. The van der Waals surface area contributed by atoms with E-state index in [2.05, 4.69) is 12.2 Å². The number of anilines is 1. The highest BCUT2D eigenvalue weighted by Gasteiger charge is 2.12. The summed E-state index contributed by atoms with van der Waals surface area (Å²) < 4.78 is 0. The van der Waals surface area contributed by atoms with E-state index in [-0.39, 0.29) is 6.04 Å². The van der Waals surface area contributed by atoms with Crippen LogP contribution in [0.2, 0.25) is 0 Å². The van der Waals surface area contributed by atoms with Crippen LogP contribution in [0.5, 0.6) is 0 Å². The summed E-state index contributed by atoms with van der Waals surface area (Å²) in [5.74, 6) is -0.885. The summed E-state index contributed by atoms with van der Waals surface area (Å²) in [7, 11) is 0. The van der Waals surface area contributed by atoms with E-state index in [1.54, 1.807) is 12.1 Å². The highest BCUT2D eigenvalue weighted by atomic mass is 16.4. The van der Waals surface area contributed by atoms with Crippen molar-refractivity contribution in [1.82, 2.24) is 0 Å². The molecule has 0 aliphatic heterocycles. The molecular weight excluding hydrogens is 190 g/mol. The monoisotopic (exact) mass is 207 g/mol. The van der Waals surface area contributed by atoms with Crippen LogP contribution in [0.3, 0.4) is 0 Å². The van der Waals surface area contributed by atoms with Crippen molar-refractivity contribution in [3.8, 4) is 0 Å². The summed E-state index contributed by atoms with van der Waals surface area (Å²) in [4.78, 5) is 11.0. The van der Waals surface area contributed by atoms with Gasteiger partial charge in [0.2, 0.25) is 0 Å². The molecule has 0 aromatic heterocycles. The largest absolute Gasteiger partial charge is 0.478 e. The van der Waals surface area contributed by atoms with E-state index in [1.807, 2.05) is 19.9 Å². The second-order valence-electron chi connectivity index (χ2n) is 3.76. The Labute approximate surface area is 90.1 Å². The molecule has 0 radical (unpaired) electrons. The molecule has 1 rings (SSSR count). The molecule has 3 heteroatoms. The number of nitrogens with one attached hydrogen (secondary N) is 1. The van der Waals surface area contributed by atoms with Gasteiger partial charge in [-0.3, -0.25) is 0 Å². The first-order chi connectivity index (χ1) is 7.06. The van der Waals surface area contributed by atoms with E-state index < -0.39 is 5.97 Å². The summed E-state index contributed by atoms with van der Waals surface area (Å²) >= 11 is 0. The number of carboxylic acids is 1. The molecule has 0 saturated heterocycles. The maximum atomic E-state index is 11.0. The normalized spacial score (nSPS) is 12.2. The molecule has 0 aliphatic carbocycles. The Morgan fingerprint density at radius 2 is 2.20 bits per heavy atom. The smallest absolute Gasteiger partial charge is 0.337 e. The van der Waals surface area contributed by atoms with Gasteiger partial charge < -0.3 is 10.4 Å². The first kappa shape index (κ1) is 11.6. The van der Waals surface area contributed by atoms with Crippen molar-refractivity contribution in [1.29, 1.82) is 0 Å². The summed E-state index contributed by atoms with van der Waals surface area (Å²) in [5.41, 5.74) is 2.05. The molecule has 1 atom stereocenters. The van der Waals surface area contributed by atoms with Crippen molar-refractivity contribution in [2.45, 2.75) is 33.2 Å². The molecule has 1 aromatic rings. The summed E-state index contributed by atoms with van der Waals surface area (Å²) in [6.45, 7) is 6.02. The van der Waals surface area contributed by atoms with Gasteiger partial charge in [0.1, 0.15) is 0 Å². The maximum Gasteiger partial charge on any atom is 0.337 e. The molecule has 0 amide bonds. The highest BCUT2D eigenvalue weighted by molar-refractivity contribution is 5.95. The first-order valence-corrected chi connectivity index (χ1v) is 5.15. The lowest BCUT2D eigenvalue weighted by Crippen LogP contribution is -2.17. The minimum Gasteiger partial charge on any atom is -0.478 e. The van der Waals surface area contributed by atoms with Gasteiger partial charge in [0.25, 0.3) is 0 Å². The van der Waals surface area contributed by atoms with E-state index >= 15 is 0 Å². The summed E-state index contributed by atoms with van der Waals surface area (Å²) in [6, 6.07) is 5.59. The Morgan fingerprint density at radius 3 is 2.73 bits per heavy atom. The molecule has 2 N–H and O–H groups in total. The van der Waals surface area contributed by atoms with Crippen molar-refractivity contribution in [2.75, 3.05) is 5.32 Å². The minimum atomic E-state index is -0.885. The minimum absolute atomic E-state index is 0.282. The number of aromatic carboxylic acids is 1. The Kier molecular flexibility index (Phi) is 3.72. The summed E-state index contributed by atoms with van der Waals surface area (Å²) in [5, 5.41) is 12.3. The van der Waals surface area contributed by atoms with Crippen LogP contribution in [0.15, 0.2) is 18.2 Å². The van der Waals surface area contributed by atoms with Gasteiger partial charge in [-0.05, 0) is 31.9 Å². The van der Waals surface area contributed by atoms with Crippen LogP contribution in [0.1, 0.15) is 36.2 Å². The van der Waals surface area contributed by atoms with Gasteiger partial charge in [0.15, 0.2) is 0 Å². The number of carbonyl (C=O) groups is 1. The van der Waals surface area contributed by atoms with Crippen molar-refractivity contribution >= 4 is 11.7 Å². The number of rotatable bonds is 4. The number of benzene rings is 1. The van der Waals surface area contributed by atoms with Crippen molar-refractivity contribution in [3.05, 3.63) is 29.3 Å². The lowest BCUT2D eigenvalue weighted by atomic mass is 10.1. The van der Waals surface area contributed by atoms with Gasteiger partial charge in [0.05, 0.1) is 11.3 Å². The average Bonchev–Trinajstić information content (AvgIpc) is 2.20. The molecule has 0 bridgehead atoms. The predicted molar refractivity (Wildman–Crippen MR) is 61.5 cm³/mol. The van der Waals surface area contributed by atoms with Crippen molar-refractivity contribution < 1.29 is 9.90 Å². The van der Waals surface area contributed by atoms with Crippen LogP contribution < -0.4 is 5.32 Å². The summed E-state index contributed by atoms with van der Waals surface area (Å²) in [6.07, 6.45) is 0.966. The molecule has 0 heterocycles. The van der Waals surface area contributed by atoms with Gasteiger partial charge in [-0.1, -0.05) is 19.1 Å². The van der Waals surface area contributed by atoms with Crippen molar-refractivity contribution in [3.63, 3.8) is 0 Å².